The monoisotopic (exact) mass is 279 g/mol. The number of aryl methyl sites for hydroxylation is 1. The van der Waals surface area contributed by atoms with Crippen LogP contribution < -0.4 is 10.1 Å². The van der Waals surface area contributed by atoms with Crippen LogP contribution in [0.4, 0.5) is 0 Å². The van der Waals surface area contributed by atoms with Crippen LogP contribution in [0.15, 0.2) is 18.2 Å². The van der Waals surface area contributed by atoms with Crippen LogP contribution in [-0.2, 0) is 0 Å². The summed E-state index contributed by atoms with van der Waals surface area (Å²) in [7, 11) is 0. The molecule has 1 rings (SSSR count). The SMILES string of the molecule is CCOc1cc(C(=O)NCC(O)C(C)CC)ccc1C. The molecule has 0 aliphatic carbocycles. The molecule has 0 saturated heterocycles. The van der Waals surface area contributed by atoms with Crippen LogP contribution in [0.25, 0.3) is 0 Å². The normalized spacial score (nSPS) is 13.7. The van der Waals surface area contributed by atoms with Gasteiger partial charge in [0, 0.05) is 12.1 Å². The fourth-order valence-corrected chi connectivity index (χ4v) is 1.82. The second-order valence-corrected chi connectivity index (χ2v) is 5.08. The molecule has 1 aromatic rings. The summed E-state index contributed by atoms with van der Waals surface area (Å²) in [6.45, 7) is 8.68. The van der Waals surface area contributed by atoms with Gasteiger partial charge in [-0.3, -0.25) is 4.79 Å². The Morgan fingerprint density at radius 1 is 1.40 bits per heavy atom. The van der Waals surface area contributed by atoms with Gasteiger partial charge in [0.25, 0.3) is 5.91 Å². The van der Waals surface area contributed by atoms with Crippen LogP contribution in [0.5, 0.6) is 5.75 Å². The number of benzene rings is 1. The lowest BCUT2D eigenvalue weighted by atomic mass is 10.0. The number of carbonyl (C=O) groups is 1. The molecule has 1 aromatic carbocycles. The maximum atomic E-state index is 12.1. The molecule has 112 valence electrons. The summed E-state index contributed by atoms with van der Waals surface area (Å²) >= 11 is 0. The summed E-state index contributed by atoms with van der Waals surface area (Å²) in [6.07, 6.45) is 0.372. The molecular formula is C16H25NO3. The topological polar surface area (TPSA) is 58.6 Å². The molecule has 0 radical (unpaired) electrons. The zero-order valence-electron chi connectivity index (χ0n) is 12.8. The van der Waals surface area contributed by atoms with Gasteiger partial charge in [-0.05, 0) is 37.5 Å². The van der Waals surface area contributed by atoms with Crippen molar-refractivity contribution >= 4 is 5.91 Å². The van der Waals surface area contributed by atoms with E-state index in [0.717, 1.165) is 17.7 Å². The highest BCUT2D eigenvalue weighted by atomic mass is 16.5. The minimum atomic E-state index is -0.513. The van der Waals surface area contributed by atoms with Crippen molar-refractivity contribution in [3.05, 3.63) is 29.3 Å². The van der Waals surface area contributed by atoms with Gasteiger partial charge in [-0.2, -0.15) is 0 Å². The predicted molar refractivity (Wildman–Crippen MR) is 80.1 cm³/mol. The van der Waals surface area contributed by atoms with Gasteiger partial charge in [0.05, 0.1) is 12.7 Å². The third kappa shape index (κ3) is 4.53. The van der Waals surface area contributed by atoms with E-state index in [1.807, 2.05) is 33.8 Å². The number of aliphatic hydroxyl groups excluding tert-OH is 1. The van der Waals surface area contributed by atoms with Gasteiger partial charge < -0.3 is 15.2 Å². The number of carbonyl (C=O) groups excluding carboxylic acids is 1. The molecule has 2 unspecified atom stereocenters. The van der Waals surface area contributed by atoms with Crippen molar-refractivity contribution in [2.45, 2.75) is 40.2 Å². The minimum absolute atomic E-state index is 0.173. The first-order valence-corrected chi connectivity index (χ1v) is 7.19. The summed E-state index contributed by atoms with van der Waals surface area (Å²) in [5, 5.41) is 12.6. The molecule has 1 amide bonds. The number of nitrogens with one attached hydrogen (secondary N) is 1. The van der Waals surface area contributed by atoms with Gasteiger partial charge in [0.1, 0.15) is 5.75 Å². The lowest BCUT2D eigenvalue weighted by Crippen LogP contribution is -2.35. The zero-order chi connectivity index (χ0) is 15.1. The van der Waals surface area contributed by atoms with Crippen molar-refractivity contribution in [3.63, 3.8) is 0 Å². The molecular weight excluding hydrogens is 254 g/mol. The Labute approximate surface area is 121 Å². The van der Waals surface area contributed by atoms with Gasteiger partial charge in [-0.1, -0.05) is 26.3 Å². The molecule has 0 aliphatic rings. The Morgan fingerprint density at radius 3 is 2.70 bits per heavy atom. The summed E-state index contributed by atoms with van der Waals surface area (Å²) < 4.78 is 5.48. The molecule has 0 bridgehead atoms. The number of hydrogen-bond donors (Lipinski definition) is 2. The Bertz CT molecular complexity index is 445. The fourth-order valence-electron chi connectivity index (χ4n) is 1.82. The molecule has 4 nitrogen and oxygen atoms in total. The minimum Gasteiger partial charge on any atom is -0.494 e. The number of aliphatic hydroxyl groups is 1. The smallest absolute Gasteiger partial charge is 0.251 e. The van der Waals surface area contributed by atoms with Crippen molar-refractivity contribution in [3.8, 4) is 5.75 Å². The van der Waals surface area contributed by atoms with E-state index in [0.29, 0.717) is 12.2 Å². The summed E-state index contributed by atoms with van der Waals surface area (Å²) in [5.41, 5.74) is 1.55. The molecule has 2 N–H and O–H groups in total. The molecule has 0 fully saturated rings. The molecule has 20 heavy (non-hydrogen) atoms. The maximum Gasteiger partial charge on any atom is 0.251 e. The summed E-state index contributed by atoms with van der Waals surface area (Å²) in [4.78, 5) is 12.1. The van der Waals surface area contributed by atoms with Crippen molar-refractivity contribution in [1.82, 2.24) is 5.32 Å². The lowest BCUT2D eigenvalue weighted by molar-refractivity contribution is 0.0850. The Balaban J connectivity index is 2.66. The molecule has 0 saturated carbocycles. The standard InChI is InChI=1S/C16H25NO3/c1-5-11(3)14(18)10-17-16(19)13-8-7-12(4)15(9-13)20-6-2/h7-9,11,14,18H,5-6,10H2,1-4H3,(H,17,19). The van der Waals surface area contributed by atoms with Crippen LogP contribution in [0.3, 0.4) is 0 Å². The van der Waals surface area contributed by atoms with Crippen LogP contribution in [0, 0.1) is 12.8 Å². The Kier molecular flexibility index (Phi) is 6.52. The van der Waals surface area contributed by atoms with E-state index >= 15 is 0 Å². The van der Waals surface area contributed by atoms with E-state index < -0.39 is 6.10 Å². The van der Waals surface area contributed by atoms with E-state index in [4.69, 9.17) is 4.74 Å². The predicted octanol–water partition coefficient (Wildman–Crippen LogP) is 2.53. The number of rotatable bonds is 7. The van der Waals surface area contributed by atoms with Crippen molar-refractivity contribution in [1.29, 1.82) is 0 Å². The van der Waals surface area contributed by atoms with Crippen LogP contribution in [0.1, 0.15) is 43.1 Å². The number of hydrogen-bond acceptors (Lipinski definition) is 3. The van der Waals surface area contributed by atoms with E-state index in [-0.39, 0.29) is 18.4 Å². The molecule has 0 spiro atoms. The van der Waals surface area contributed by atoms with E-state index in [2.05, 4.69) is 5.32 Å². The van der Waals surface area contributed by atoms with Gasteiger partial charge >= 0.3 is 0 Å². The van der Waals surface area contributed by atoms with Crippen LogP contribution >= 0.6 is 0 Å². The summed E-state index contributed by atoms with van der Waals surface area (Å²) in [5.74, 6) is 0.711. The zero-order valence-corrected chi connectivity index (χ0v) is 12.8. The maximum absolute atomic E-state index is 12.1. The van der Waals surface area contributed by atoms with Gasteiger partial charge in [0.15, 0.2) is 0 Å². The molecule has 0 aromatic heterocycles. The highest BCUT2D eigenvalue weighted by Crippen LogP contribution is 2.19. The van der Waals surface area contributed by atoms with Gasteiger partial charge in [-0.15, -0.1) is 0 Å². The van der Waals surface area contributed by atoms with Crippen LogP contribution in [-0.4, -0.2) is 30.3 Å². The third-order valence-corrected chi connectivity index (χ3v) is 3.52. The second kappa shape index (κ2) is 7.90. The average Bonchev–Trinajstić information content (AvgIpc) is 2.45. The van der Waals surface area contributed by atoms with Crippen LogP contribution in [0.2, 0.25) is 0 Å². The molecule has 0 aliphatic heterocycles. The van der Waals surface area contributed by atoms with Gasteiger partial charge in [-0.25, -0.2) is 0 Å². The summed E-state index contributed by atoms with van der Waals surface area (Å²) in [6, 6.07) is 5.37. The lowest BCUT2D eigenvalue weighted by Gasteiger charge is -2.17. The van der Waals surface area contributed by atoms with Crippen molar-refractivity contribution < 1.29 is 14.6 Å². The second-order valence-electron chi connectivity index (χ2n) is 5.08. The first-order valence-electron chi connectivity index (χ1n) is 7.19. The first kappa shape index (κ1) is 16.5. The van der Waals surface area contributed by atoms with E-state index in [1.54, 1.807) is 12.1 Å². The fraction of sp³-hybridized carbons (Fsp3) is 0.562. The molecule has 4 heteroatoms. The largest absolute Gasteiger partial charge is 0.494 e. The number of amides is 1. The third-order valence-electron chi connectivity index (χ3n) is 3.52. The number of ether oxygens (including phenoxy) is 1. The van der Waals surface area contributed by atoms with E-state index in [9.17, 15) is 9.90 Å². The highest BCUT2D eigenvalue weighted by Gasteiger charge is 2.14. The molecule has 0 heterocycles. The average molecular weight is 279 g/mol. The quantitative estimate of drug-likeness (QED) is 0.806. The van der Waals surface area contributed by atoms with E-state index in [1.165, 1.54) is 0 Å². The van der Waals surface area contributed by atoms with Gasteiger partial charge in [0.2, 0.25) is 0 Å². The highest BCUT2D eigenvalue weighted by molar-refractivity contribution is 5.94. The first-order chi connectivity index (χ1) is 9.49. The Morgan fingerprint density at radius 2 is 2.10 bits per heavy atom. The van der Waals surface area contributed by atoms with Crippen molar-refractivity contribution in [2.24, 2.45) is 5.92 Å². The molecule has 2 atom stereocenters. The Hall–Kier alpha value is -1.55. The van der Waals surface area contributed by atoms with Crippen molar-refractivity contribution in [2.75, 3.05) is 13.2 Å².